The first kappa shape index (κ1) is 17.3. The largest absolute Gasteiger partial charge is 0.544 e. The van der Waals surface area contributed by atoms with E-state index in [1.807, 2.05) is 0 Å². The molecule has 20 heavy (non-hydrogen) atoms. The molecule has 0 fully saturated rings. The number of para-hydroxylation sites is 1. The summed E-state index contributed by atoms with van der Waals surface area (Å²) in [5.41, 5.74) is 1.28. The fraction of sp³-hybridized carbons (Fsp3) is 0.667. The van der Waals surface area contributed by atoms with E-state index in [9.17, 15) is 0 Å². The maximum Gasteiger partial charge on any atom is 0.248 e. The Bertz CT molecular complexity index is 365. The molecular weight excluding hydrogens is 260 g/mol. The number of hydrogen-bond donors (Lipinski definition) is 0. The van der Waals surface area contributed by atoms with Crippen molar-refractivity contribution in [1.82, 2.24) is 0 Å². The zero-order valence-electron chi connectivity index (χ0n) is 13.9. The van der Waals surface area contributed by atoms with Crippen LogP contribution in [0.3, 0.4) is 0 Å². The highest BCUT2D eigenvalue weighted by Gasteiger charge is 2.30. The summed E-state index contributed by atoms with van der Waals surface area (Å²) in [6.07, 6.45) is 7.93. The highest BCUT2D eigenvalue weighted by molar-refractivity contribution is 6.73. The summed E-state index contributed by atoms with van der Waals surface area (Å²) in [6.45, 7) is 9.14. The van der Waals surface area contributed by atoms with Crippen LogP contribution in [0.15, 0.2) is 24.3 Å². The Labute approximate surface area is 126 Å². The van der Waals surface area contributed by atoms with Crippen molar-refractivity contribution in [2.24, 2.45) is 0 Å². The first-order chi connectivity index (χ1) is 9.61. The summed E-state index contributed by atoms with van der Waals surface area (Å²) in [5, 5.41) is 0. The van der Waals surface area contributed by atoms with Gasteiger partial charge in [0, 0.05) is 0 Å². The summed E-state index contributed by atoms with van der Waals surface area (Å²) < 4.78 is 6.56. The van der Waals surface area contributed by atoms with Gasteiger partial charge in [0.25, 0.3) is 0 Å². The lowest BCUT2D eigenvalue weighted by molar-refractivity contribution is 0.519. The Balaban J connectivity index is 2.67. The molecule has 0 N–H and O–H groups in total. The van der Waals surface area contributed by atoms with Crippen molar-refractivity contribution in [3.05, 3.63) is 29.8 Å². The lowest BCUT2D eigenvalue weighted by Crippen LogP contribution is -2.38. The number of aryl methyl sites for hydroxylation is 1. The van der Waals surface area contributed by atoms with Gasteiger partial charge in [0.2, 0.25) is 8.32 Å². The molecule has 1 rings (SSSR count). The van der Waals surface area contributed by atoms with Crippen LogP contribution < -0.4 is 4.43 Å². The monoisotopic (exact) mass is 292 g/mol. The summed E-state index contributed by atoms with van der Waals surface area (Å²) in [7, 11) is -1.60. The second-order valence-electron chi connectivity index (χ2n) is 6.23. The van der Waals surface area contributed by atoms with E-state index in [2.05, 4.69) is 51.6 Å². The standard InChI is InChI=1S/C18H32OSi/c1-5-7-11-15-20(4,16-12-8-6-2)19-18-14-10-9-13-17(18)3/h9-10,13-14H,5-8,11-12,15-16H2,1-4H3. The molecule has 0 unspecified atom stereocenters. The second-order valence-corrected chi connectivity index (χ2v) is 10.3. The molecular formula is C18H32OSi. The minimum atomic E-state index is -1.60. The molecule has 0 atom stereocenters. The van der Waals surface area contributed by atoms with Crippen LogP contribution in [0.5, 0.6) is 5.75 Å². The van der Waals surface area contributed by atoms with Crippen LogP contribution in [-0.4, -0.2) is 8.32 Å². The van der Waals surface area contributed by atoms with Gasteiger partial charge < -0.3 is 4.43 Å². The molecule has 1 aromatic carbocycles. The van der Waals surface area contributed by atoms with Crippen LogP contribution in [-0.2, 0) is 0 Å². The minimum absolute atomic E-state index is 1.12. The van der Waals surface area contributed by atoms with Gasteiger partial charge in [-0.2, -0.15) is 0 Å². The molecule has 0 saturated carbocycles. The topological polar surface area (TPSA) is 9.23 Å². The Morgan fingerprint density at radius 1 is 0.900 bits per heavy atom. The predicted molar refractivity (Wildman–Crippen MR) is 92.1 cm³/mol. The smallest absolute Gasteiger partial charge is 0.248 e. The number of benzene rings is 1. The van der Waals surface area contributed by atoms with E-state index in [4.69, 9.17) is 4.43 Å². The summed E-state index contributed by atoms with van der Waals surface area (Å²) in [4.78, 5) is 0. The number of rotatable bonds is 10. The average molecular weight is 293 g/mol. The average Bonchev–Trinajstić information content (AvgIpc) is 2.42. The van der Waals surface area contributed by atoms with Crippen molar-refractivity contribution in [2.75, 3.05) is 0 Å². The molecule has 114 valence electrons. The summed E-state index contributed by atoms with van der Waals surface area (Å²) in [5.74, 6) is 1.12. The first-order valence-electron chi connectivity index (χ1n) is 8.36. The minimum Gasteiger partial charge on any atom is -0.544 e. The highest BCUT2D eigenvalue weighted by atomic mass is 28.4. The normalized spacial score (nSPS) is 11.6. The lowest BCUT2D eigenvalue weighted by Gasteiger charge is -2.29. The van der Waals surface area contributed by atoms with E-state index in [-0.39, 0.29) is 0 Å². The maximum absolute atomic E-state index is 6.56. The zero-order chi connectivity index (χ0) is 14.8. The van der Waals surface area contributed by atoms with Crippen molar-refractivity contribution in [1.29, 1.82) is 0 Å². The third-order valence-electron chi connectivity index (χ3n) is 4.07. The molecule has 0 bridgehead atoms. The Morgan fingerprint density at radius 3 is 1.95 bits per heavy atom. The van der Waals surface area contributed by atoms with E-state index in [0.29, 0.717) is 0 Å². The van der Waals surface area contributed by atoms with Gasteiger partial charge in [0.1, 0.15) is 5.75 Å². The van der Waals surface area contributed by atoms with Crippen LogP contribution in [0.1, 0.15) is 57.9 Å². The maximum atomic E-state index is 6.56. The summed E-state index contributed by atoms with van der Waals surface area (Å²) >= 11 is 0. The van der Waals surface area contributed by atoms with Crippen molar-refractivity contribution >= 4 is 8.32 Å². The van der Waals surface area contributed by atoms with Gasteiger partial charge in [-0.3, -0.25) is 0 Å². The van der Waals surface area contributed by atoms with Gasteiger partial charge in [-0.05, 0) is 37.2 Å². The third kappa shape index (κ3) is 6.13. The fourth-order valence-corrected chi connectivity index (χ4v) is 5.87. The Hall–Kier alpha value is -0.763. The van der Waals surface area contributed by atoms with E-state index in [0.717, 1.165) is 5.75 Å². The molecule has 0 spiro atoms. The number of hydrogen-bond acceptors (Lipinski definition) is 1. The van der Waals surface area contributed by atoms with E-state index in [1.165, 1.54) is 56.2 Å². The van der Waals surface area contributed by atoms with Crippen LogP contribution in [0.4, 0.5) is 0 Å². The molecule has 0 aromatic heterocycles. The van der Waals surface area contributed by atoms with Crippen molar-refractivity contribution in [3.8, 4) is 5.75 Å². The van der Waals surface area contributed by atoms with E-state index >= 15 is 0 Å². The third-order valence-corrected chi connectivity index (χ3v) is 7.60. The van der Waals surface area contributed by atoms with Gasteiger partial charge in [0.15, 0.2) is 0 Å². The molecule has 0 heterocycles. The van der Waals surface area contributed by atoms with Crippen molar-refractivity contribution in [2.45, 2.75) is 77.9 Å². The molecule has 0 amide bonds. The molecule has 0 aliphatic heterocycles. The quantitative estimate of drug-likeness (QED) is 0.361. The van der Waals surface area contributed by atoms with Gasteiger partial charge in [0.05, 0.1) is 0 Å². The van der Waals surface area contributed by atoms with Crippen LogP contribution in [0, 0.1) is 6.92 Å². The summed E-state index contributed by atoms with van der Waals surface area (Å²) in [6, 6.07) is 11.1. The molecule has 0 saturated heterocycles. The van der Waals surface area contributed by atoms with E-state index in [1.54, 1.807) is 0 Å². The van der Waals surface area contributed by atoms with Crippen LogP contribution >= 0.6 is 0 Å². The molecule has 0 aliphatic rings. The van der Waals surface area contributed by atoms with E-state index < -0.39 is 8.32 Å². The van der Waals surface area contributed by atoms with Gasteiger partial charge in [-0.1, -0.05) is 70.6 Å². The molecule has 2 heteroatoms. The van der Waals surface area contributed by atoms with Gasteiger partial charge in [-0.15, -0.1) is 0 Å². The van der Waals surface area contributed by atoms with Crippen molar-refractivity contribution in [3.63, 3.8) is 0 Å². The first-order valence-corrected chi connectivity index (χ1v) is 11.2. The second kappa shape index (κ2) is 9.22. The lowest BCUT2D eigenvalue weighted by atomic mass is 10.2. The van der Waals surface area contributed by atoms with Gasteiger partial charge >= 0.3 is 0 Å². The van der Waals surface area contributed by atoms with Crippen molar-refractivity contribution < 1.29 is 4.43 Å². The molecule has 1 nitrogen and oxygen atoms in total. The SMILES string of the molecule is CCCCC[Si](C)(CCCCC)Oc1ccccc1C. The highest BCUT2D eigenvalue weighted by Crippen LogP contribution is 2.28. The zero-order valence-corrected chi connectivity index (χ0v) is 14.9. The Morgan fingerprint density at radius 2 is 1.45 bits per heavy atom. The Kier molecular flexibility index (Phi) is 7.97. The van der Waals surface area contributed by atoms with Gasteiger partial charge in [-0.25, -0.2) is 0 Å². The van der Waals surface area contributed by atoms with Crippen LogP contribution in [0.2, 0.25) is 18.6 Å². The molecule has 0 radical (unpaired) electrons. The van der Waals surface area contributed by atoms with Crippen LogP contribution in [0.25, 0.3) is 0 Å². The molecule has 0 aliphatic carbocycles. The fourth-order valence-electron chi connectivity index (χ4n) is 2.66. The molecule has 1 aromatic rings. The number of unbranched alkanes of at least 4 members (excludes halogenated alkanes) is 4. The predicted octanol–water partition coefficient (Wildman–Crippen LogP) is 6.33.